The maximum absolute atomic E-state index is 13.3. The number of aliphatic imine (C=N–C) groups is 1. The first-order chi connectivity index (χ1) is 8.91. The normalized spacial score (nSPS) is 15.8. The molecular weight excluding hydrogens is 248 g/mol. The monoisotopic (exact) mass is 261 g/mol. The highest BCUT2D eigenvalue weighted by molar-refractivity contribution is 6.13. The van der Waals surface area contributed by atoms with Gasteiger partial charge >= 0.3 is 0 Å². The molecule has 0 unspecified atom stereocenters. The van der Waals surface area contributed by atoms with Gasteiger partial charge in [0.05, 0.1) is 5.71 Å². The number of allylic oxidation sites excluding steroid dienone is 3. The van der Waals surface area contributed by atoms with Gasteiger partial charge in [0.15, 0.2) is 0 Å². The summed E-state index contributed by atoms with van der Waals surface area (Å²) in [5.41, 5.74) is 2.12. The molecule has 98 valence electrons. The molecule has 4 heteroatoms. The summed E-state index contributed by atoms with van der Waals surface area (Å²) in [4.78, 5) is 14.6. The van der Waals surface area contributed by atoms with Crippen molar-refractivity contribution in [3.8, 4) is 0 Å². The lowest BCUT2D eigenvalue weighted by Crippen LogP contribution is -2.18. The minimum Gasteiger partial charge on any atom is -0.298 e. The molecule has 0 bridgehead atoms. The Morgan fingerprint density at radius 2 is 1.95 bits per heavy atom. The molecule has 1 heterocycles. The second-order valence-electron chi connectivity index (χ2n) is 4.49. The Hall–Kier alpha value is -2.10. The molecule has 0 saturated carbocycles. The minimum absolute atomic E-state index is 0.241. The van der Waals surface area contributed by atoms with Crippen LogP contribution in [0.3, 0.4) is 0 Å². The Bertz CT molecular complexity index is 577. The Morgan fingerprint density at radius 1 is 1.32 bits per heavy atom. The fourth-order valence-electron chi connectivity index (χ4n) is 1.83. The van der Waals surface area contributed by atoms with Gasteiger partial charge in [-0.15, -0.1) is 0 Å². The van der Waals surface area contributed by atoms with E-state index in [0.717, 1.165) is 13.2 Å². The van der Waals surface area contributed by atoms with Crippen LogP contribution in [0.1, 0.15) is 29.3 Å². The number of nitrogens with zero attached hydrogens (tertiary/aromatic N) is 1. The summed E-state index contributed by atoms with van der Waals surface area (Å²) in [6.07, 6.45) is 2.48. The van der Waals surface area contributed by atoms with Crippen LogP contribution in [0, 0.1) is 0 Å². The molecular formula is C15H13F2NO. The summed E-state index contributed by atoms with van der Waals surface area (Å²) in [6.45, 7) is 4.66. The Labute approximate surface area is 110 Å². The van der Waals surface area contributed by atoms with Gasteiger partial charge < -0.3 is 0 Å². The number of alkyl halides is 2. The van der Waals surface area contributed by atoms with E-state index in [-0.39, 0.29) is 5.70 Å². The standard InChI is InChI=1S/C15H13F2NO/c1-10-3-8-13(15(2,16)17)18-14(10)12-6-4-11(9-19)5-7-12/h4-9H,1,3H2,2H3. The number of hydrogen-bond acceptors (Lipinski definition) is 2. The van der Waals surface area contributed by atoms with E-state index in [4.69, 9.17) is 0 Å². The van der Waals surface area contributed by atoms with Crippen LogP contribution in [-0.4, -0.2) is 17.9 Å². The zero-order valence-electron chi connectivity index (χ0n) is 10.5. The fraction of sp³-hybridized carbons (Fsp3) is 0.200. The van der Waals surface area contributed by atoms with E-state index in [9.17, 15) is 13.6 Å². The molecule has 0 radical (unpaired) electrons. The smallest absolute Gasteiger partial charge is 0.286 e. The van der Waals surface area contributed by atoms with Crippen LogP contribution in [0.15, 0.2) is 53.2 Å². The molecule has 1 aromatic carbocycles. The van der Waals surface area contributed by atoms with Crippen molar-refractivity contribution in [3.05, 3.63) is 59.3 Å². The van der Waals surface area contributed by atoms with Crippen LogP contribution in [0.2, 0.25) is 0 Å². The van der Waals surface area contributed by atoms with E-state index in [2.05, 4.69) is 11.6 Å². The molecule has 0 atom stereocenters. The van der Waals surface area contributed by atoms with Gasteiger partial charge in [0, 0.05) is 18.1 Å². The average Bonchev–Trinajstić information content (AvgIpc) is 2.38. The highest BCUT2D eigenvalue weighted by Gasteiger charge is 2.30. The molecule has 0 aromatic heterocycles. The molecule has 0 saturated heterocycles. The van der Waals surface area contributed by atoms with Crippen LogP contribution in [0.4, 0.5) is 8.78 Å². The fourth-order valence-corrected chi connectivity index (χ4v) is 1.83. The first-order valence-electron chi connectivity index (χ1n) is 5.82. The predicted molar refractivity (Wildman–Crippen MR) is 70.8 cm³/mol. The third-order valence-electron chi connectivity index (χ3n) is 2.88. The molecule has 0 fully saturated rings. The molecule has 19 heavy (non-hydrogen) atoms. The molecule has 1 aliphatic heterocycles. The number of hydrogen-bond donors (Lipinski definition) is 0. The van der Waals surface area contributed by atoms with E-state index in [1.807, 2.05) is 0 Å². The summed E-state index contributed by atoms with van der Waals surface area (Å²) in [6, 6.07) is 6.62. The number of carbonyl (C=O) groups excluding carboxylic acids is 1. The van der Waals surface area contributed by atoms with Crippen LogP contribution < -0.4 is 0 Å². The first kappa shape index (κ1) is 13.3. The van der Waals surface area contributed by atoms with Gasteiger partial charge in [-0.1, -0.05) is 36.9 Å². The topological polar surface area (TPSA) is 29.4 Å². The maximum Gasteiger partial charge on any atom is 0.286 e. The van der Waals surface area contributed by atoms with E-state index in [0.29, 0.717) is 28.8 Å². The SMILES string of the molecule is C=C1CC=C(C(C)(F)F)N=C1c1ccc(C=O)cc1. The molecule has 1 aromatic rings. The van der Waals surface area contributed by atoms with E-state index in [1.54, 1.807) is 24.3 Å². The Kier molecular flexibility index (Phi) is 3.42. The van der Waals surface area contributed by atoms with Crippen molar-refractivity contribution in [1.82, 2.24) is 0 Å². The average molecular weight is 261 g/mol. The lowest BCUT2D eigenvalue weighted by molar-refractivity contribution is 0.0617. The van der Waals surface area contributed by atoms with Gasteiger partial charge in [0.25, 0.3) is 5.92 Å². The summed E-state index contributed by atoms with van der Waals surface area (Å²) in [7, 11) is 0. The van der Waals surface area contributed by atoms with Crippen molar-refractivity contribution < 1.29 is 13.6 Å². The van der Waals surface area contributed by atoms with Crippen LogP contribution in [-0.2, 0) is 0 Å². The lowest BCUT2D eigenvalue weighted by atomic mass is 9.96. The van der Waals surface area contributed by atoms with Gasteiger partial charge in [0.2, 0.25) is 0 Å². The summed E-state index contributed by atoms with van der Waals surface area (Å²) in [5, 5.41) is 0. The molecule has 0 amide bonds. The Balaban J connectivity index is 2.41. The van der Waals surface area contributed by atoms with E-state index >= 15 is 0 Å². The highest BCUT2D eigenvalue weighted by Crippen LogP contribution is 2.30. The molecule has 2 nitrogen and oxygen atoms in total. The summed E-state index contributed by atoms with van der Waals surface area (Å²) < 4.78 is 26.6. The Morgan fingerprint density at radius 3 is 2.47 bits per heavy atom. The number of rotatable bonds is 3. The zero-order chi connectivity index (χ0) is 14.0. The maximum atomic E-state index is 13.3. The number of halogens is 2. The van der Waals surface area contributed by atoms with Gasteiger partial charge in [0.1, 0.15) is 12.0 Å². The molecule has 0 N–H and O–H groups in total. The second-order valence-corrected chi connectivity index (χ2v) is 4.49. The van der Waals surface area contributed by atoms with Crippen LogP contribution in [0.5, 0.6) is 0 Å². The summed E-state index contributed by atoms with van der Waals surface area (Å²) >= 11 is 0. The van der Waals surface area contributed by atoms with E-state index < -0.39 is 5.92 Å². The van der Waals surface area contributed by atoms with Crippen molar-refractivity contribution in [1.29, 1.82) is 0 Å². The lowest BCUT2D eigenvalue weighted by Gasteiger charge is -2.19. The quantitative estimate of drug-likeness (QED) is 0.761. The van der Waals surface area contributed by atoms with E-state index in [1.165, 1.54) is 6.08 Å². The third-order valence-corrected chi connectivity index (χ3v) is 2.88. The van der Waals surface area contributed by atoms with Crippen LogP contribution in [0.25, 0.3) is 0 Å². The van der Waals surface area contributed by atoms with Crippen LogP contribution >= 0.6 is 0 Å². The van der Waals surface area contributed by atoms with Gasteiger partial charge in [-0.05, 0) is 12.0 Å². The summed E-state index contributed by atoms with van der Waals surface area (Å²) in [5.74, 6) is -2.96. The van der Waals surface area contributed by atoms with Crippen molar-refractivity contribution in [2.75, 3.05) is 0 Å². The number of benzene rings is 1. The molecule has 2 rings (SSSR count). The van der Waals surface area contributed by atoms with Crippen molar-refractivity contribution in [2.45, 2.75) is 19.3 Å². The highest BCUT2D eigenvalue weighted by atomic mass is 19.3. The number of carbonyl (C=O) groups is 1. The van der Waals surface area contributed by atoms with Gasteiger partial charge in [-0.3, -0.25) is 4.79 Å². The zero-order valence-corrected chi connectivity index (χ0v) is 10.5. The molecule has 0 aliphatic carbocycles. The third kappa shape index (κ3) is 2.84. The van der Waals surface area contributed by atoms with Crippen molar-refractivity contribution in [3.63, 3.8) is 0 Å². The van der Waals surface area contributed by atoms with Crippen molar-refractivity contribution >= 4 is 12.0 Å². The minimum atomic E-state index is -2.96. The van der Waals surface area contributed by atoms with Gasteiger partial charge in [-0.25, -0.2) is 4.99 Å². The largest absolute Gasteiger partial charge is 0.298 e. The first-order valence-corrected chi connectivity index (χ1v) is 5.82. The van der Waals surface area contributed by atoms with Crippen molar-refractivity contribution in [2.24, 2.45) is 4.99 Å². The predicted octanol–water partition coefficient (Wildman–Crippen LogP) is 3.79. The molecule has 1 aliphatic rings. The second kappa shape index (κ2) is 4.88. The van der Waals surface area contributed by atoms with Gasteiger partial charge in [-0.2, -0.15) is 8.78 Å². The number of aldehydes is 1. The molecule has 0 spiro atoms.